The summed E-state index contributed by atoms with van der Waals surface area (Å²) in [5.74, 6) is -1.42. The van der Waals surface area contributed by atoms with Gasteiger partial charge in [-0.15, -0.1) is 0 Å². The van der Waals surface area contributed by atoms with Crippen LogP contribution in [0.15, 0.2) is 36.4 Å². The fourth-order valence-corrected chi connectivity index (χ4v) is 1.83. The zero-order valence-corrected chi connectivity index (χ0v) is 11.0. The van der Waals surface area contributed by atoms with Gasteiger partial charge in [-0.2, -0.15) is 13.2 Å². The Kier molecular flexibility index (Phi) is 4.04. The van der Waals surface area contributed by atoms with Gasteiger partial charge in [0, 0.05) is 0 Å². The number of halogens is 4. The number of para-hydroxylation sites is 1. The molecule has 8 heteroatoms. The smallest absolute Gasteiger partial charge is 0.418 e. The zero-order valence-electron chi connectivity index (χ0n) is 10.3. The van der Waals surface area contributed by atoms with Gasteiger partial charge >= 0.3 is 12.1 Å². The number of anilines is 2. The van der Waals surface area contributed by atoms with E-state index in [-0.39, 0.29) is 16.5 Å². The lowest BCUT2D eigenvalue weighted by Crippen LogP contribution is -2.10. The molecule has 0 unspecified atom stereocenters. The number of carboxylic acids is 1. The maximum atomic E-state index is 12.8. The van der Waals surface area contributed by atoms with Crippen molar-refractivity contribution in [3.8, 4) is 0 Å². The van der Waals surface area contributed by atoms with Crippen LogP contribution in [0.2, 0.25) is 5.02 Å². The van der Waals surface area contributed by atoms with E-state index in [4.69, 9.17) is 16.7 Å². The van der Waals surface area contributed by atoms with Gasteiger partial charge in [-0.1, -0.05) is 23.7 Å². The molecule has 0 saturated carbocycles. The monoisotopic (exact) mass is 316 g/mol. The van der Waals surface area contributed by atoms with Gasteiger partial charge in [-0.05, 0) is 24.3 Å². The molecule has 2 aromatic rings. The molecule has 0 spiro atoms. The Balaban J connectivity index is 2.40. The van der Waals surface area contributed by atoms with E-state index in [9.17, 15) is 18.0 Å². The number of alkyl halides is 3. The first-order valence-electron chi connectivity index (χ1n) is 5.62. The second kappa shape index (κ2) is 5.61. The Labute approximate surface area is 122 Å². The highest BCUT2D eigenvalue weighted by Crippen LogP contribution is 2.35. The number of hydrogen-bond donors (Lipinski definition) is 2. The molecule has 0 saturated heterocycles. The van der Waals surface area contributed by atoms with Crippen LogP contribution < -0.4 is 5.32 Å². The third-order valence-corrected chi connectivity index (χ3v) is 2.85. The van der Waals surface area contributed by atoms with E-state index in [0.717, 1.165) is 6.07 Å². The van der Waals surface area contributed by atoms with Gasteiger partial charge in [0.05, 0.1) is 16.3 Å². The summed E-state index contributed by atoms with van der Waals surface area (Å²) in [6, 6.07) is 7.35. The van der Waals surface area contributed by atoms with Crippen molar-refractivity contribution in [2.75, 3.05) is 5.32 Å². The summed E-state index contributed by atoms with van der Waals surface area (Å²) in [5, 5.41) is 11.2. The zero-order chi connectivity index (χ0) is 15.6. The first kappa shape index (κ1) is 15.1. The largest absolute Gasteiger partial charge is 0.476 e. The lowest BCUT2D eigenvalue weighted by Gasteiger charge is -2.14. The van der Waals surface area contributed by atoms with Crippen molar-refractivity contribution < 1.29 is 23.1 Å². The summed E-state index contributed by atoms with van der Waals surface area (Å²) < 4.78 is 38.5. The lowest BCUT2D eigenvalue weighted by atomic mass is 10.1. The summed E-state index contributed by atoms with van der Waals surface area (Å²) >= 11 is 5.65. The van der Waals surface area contributed by atoms with Crippen LogP contribution in [0.1, 0.15) is 16.1 Å². The van der Waals surface area contributed by atoms with E-state index in [0.29, 0.717) is 0 Å². The van der Waals surface area contributed by atoms with Crippen LogP contribution in [0.4, 0.5) is 24.7 Å². The predicted molar refractivity (Wildman–Crippen MR) is 70.9 cm³/mol. The van der Waals surface area contributed by atoms with Crippen LogP contribution in [0.5, 0.6) is 0 Å². The molecule has 0 atom stereocenters. The molecule has 1 aromatic carbocycles. The molecule has 0 amide bonds. The Morgan fingerprint density at radius 3 is 2.48 bits per heavy atom. The maximum Gasteiger partial charge on any atom is 0.418 e. The molecule has 1 aromatic heterocycles. The summed E-state index contributed by atoms with van der Waals surface area (Å²) in [7, 11) is 0. The predicted octanol–water partition coefficient (Wildman–Crippen LogP) is 4.20. The van der Waals surface area contributed by atoms with Crippen LogP contribution in [0.25, 0.3) is 0 Å². The average molecular weight is 317 g/mol. The molecular formula is C13H8ClF3N2O2. The SMILES string of the molecule is O=C(O)c1nc(Nc2ccccc2C(F)(F)F)ccc1Cl. The van der Waals surface area contributed by atoms with Gasteiger partial charge in [-0.3, -0.25) is 0 Å². The molecular weight excluding hydrogens is 309 g/mol. The van der Waals surface area contributed by atoms with Crippen LogP contribution in [0, 0.1) is 0 Å². The average Bonchev–Trinajstić information content (AvgIpc) is 2.40. The molecule has 2 rings (SSSR count). The minimum atomic E-state index is -4.54. The number of aromatic nitrogens is 1. The van der Waals surface area contributed by atoms with Crippen LogP contribution >= 0.6 is 11.6 Å². The number of rotatable bonds is 3. The molecule has 2 N–H and O–H groups in total. The number of carboxylic acid groups (broad SMARTS) is 1. The third-order valence-electron chi connectivity index (χ3n) is 2.54. The quantitative estimate of drug-likeness (QED) is 0.891. The van der Waals surface area contributed by atoms with E-state index in [1.165, 1.54) is 30.3 Å². The van der Waals surface area contributed by atoms with Crippen molar-refractivity contribution in [3.05, 3.63) is 52.7 Å². The molecule has 0 aliphatic carbocycles. The summed E-state index contributed by atoms with van der Waals surface area (Å²) in [6.45, 7) is 0. The summed E-state index contributed by atoms with van der Waals surface area (Å²) in [4.78, 5) is 14.6. The Morgan fingerprint density at radius 1 is 1.19 bits per heavy atom. The first-order valence-corrected chi connectivity index (χ1v) is 6.00. The molecule has 0 aliphatic rings. The Hall–Kier alpha value is -2.28. The Morgan fingerprint density at radius 2 is 1.86 bits per heavy atom. The van der Waals surface area contributed by atoms with E-state index < -0.39 is 23.4 Å². The van der Waals surface area contributed by atoms with E-state index >= 15 is 0 Å². The second-order valence-corrected chi connectivity index (χ2v) is 4.41. The van der Waals surface area contributed by atoms with Crippen molar-refractivity contribution in [2.24, 2.45) is 0 Å². The highest BCUT2D eigenvalue weighted by Gasteiger charge is 2.33. The van der Waals surface area contributed by atoms with Gasteiger partial charge in [0.1, 0.15) is 5.82 Å². The normalized spacial score (nSPS) is 11.2. The molecule has 4 nitrogen and oxygen atoms in total. The molecule has 1 heterocycles. The van der Waals surface area contributed by atoms with Crippen molar-refractivity contribution >= 4 is 29.1 Å². The summed E-state index contributed by atoms with van der Waals surface area (Å²) in [5.41, 5.74) is -1.54. The number of hydrogen-bond acceptors (Lipinski definition) is 3. The van der Waals surface area contributed by atoms with E-state index in [2.05, 4.69) is 10.3 Å². The van der Waals surface area contributed by atoms with Crippen molar-refractivity contribution in [1.82, 2.24) is 4.98 Å². The second-order valence-electron chi connectivity index (χ2n) is 4.00. The Bertz CT molecular complexity index is 689. The topological polar surface area (TPSA) is 62.2 Å². The van der Waals surface area contributed by atoms with Crippen LogP contribution in [-0.4, -0.2) is 16.1 Å². The number of nitrogens with zero attached hydrogens (tertiary/aromatic N) is 1. The van der Waals surface area contributed by atoms with Gasteiger partial charge in [-0.25, -0.2) is 9.78 Å². The van der Waals surface area contributed by atoms with Crippen molar-refractivity contribution in [1.29, 1.82) is 0 Å². The minimum Gasteiger partial charge on any atom is -0.476 e. The minimum absolute atomic E-state index is 0.0477. The molecule has 0 fully saturated rings. The third kappa shape index (κ3) is 3.43. The van der Waals surface area contributed by atoms with Crippen LogP contribution in [0.3, 0.4) is 0 Å². The molecule has 110 valence electrons. The molecule has 21 heavy (non-hydrogen) atoms. The maximum absolute atomic E-state index is 12.8. The number of nitrogens with one attached hydrogen (secondary N) is 1. The van der Waals surface area contributed by atoms with Gasteiger partial charge in [0.2, 0.25) is 0 Å². The number of benzene rings is 1. The fourth-order valence-electron chi connectivity index (χ4n) is 1.64. The number of pyridine rings is 1. The summed E-state index contributed by atoms with van der Waals surface area (Å²) in [6.07, 6.45) is -4.54. The van der Waals surface area contributed by atoms with Crippen molar-refractivity contribution in [2.45, 2.75) is 6.18 Å². The first-order chi connectivity index (χ1) is 9.79. The molecule has 0 bridgehead atoms. The number of aromatic carboxylic acids is 1. The van der Waals surface area contributed by atoms with Gasteiger partial charge in [0.25, 0.3) is 0 Å². The highest BCUT2D eigenvalue weighted by atomic mass is 35.5. The fraction of sp³-hybridized carbons (Fsp3) is 0.0769. The van der Waals surface area contributed by atoms with E-state index in [1.54, 1.807) is 0 Å². The number of carbonyl (C=O) groups is 1. The molecule has 0 radical (unpaired) electrons. The molecule has 0 aliphatic heterocycles. The van der Waals surface area contributed by atoms with Crippen LogP contribution in [-0.2, 0) is 6.18 Å². The van der Waals surface area contributed by atoms with Gasteiger partial charge in [0.15, 0.2) is 5.69 Å². The van der Waals surface area contributed by atoms with E-state index in [1.807, 2.05) is 0 Å². The lowest BCUT2D eigenvalue weighted by molar-refractivity contribution is -0.136. The standard InChI is InChI=1S/C13H8ClF3N2O2/c14-8-5-6-10(19-11(8)12(20)21)18-9-4-2-1-3-7(9)13(15,16)17/h1-6H,(H,18,19)(H,20,21). The highest BCUT2D eigenvalue weighted by molar-refractivity contribution is 6.33. The van der Waals surface area contributed by atoms with Crippen molar-refractivity contribution in [3.63, 3.8) is 0 Å². The van der Waals surface area contributed by atoms with Gasteiger partial charge < -0.3 is 10.4 Å².